The summed E-state index contributed by atoms with van der Waals surface area (Å²) in [6.07, 6.45) is -0.247. The zero-order valence-corrected chi connectivity index (χ0v) is 13.2. The van der Waals surface area contributed by atoms with Crippen LogP contribution in [-0.4, -0.2) is 26.4 Å². The van der Waals surface area contributed by atoms with Gasteiger partial charge in [-0.2, -0.15) is 13.2 Å². The number of amides is 1. The molecule has 0 bridgehead atoms. The van der Waals surface area contributed by atoms with Crippen molar-refractivity contribution >= 4 is 17.4 Å². The molecule has 1 saturated carbocycles. The van der Waals surface area contributed by atoms with E-state index in [0.29, 0.717) is 11.2 Å². The van der Waals surface area contributed by atoms with Gasteiger partial charge in [0.2, 0.25) is 5.91 Å². The summed E-state index contributed by atoms with van der Waals surface area (Å²) in [6, 6.07) is 3.95. The molecule has 3 heterocycles. The van der Waals surface area contributed by atoms with Crippen LogP contribution in [0.2, 0.25) is 0 Å². The number of alkyl halides is 4. The first-order valence-electron chi connectivity index (χ1n) is 7.78. The van der Waals surface area contributed by atoms with E-state index in [4.69, 9.17) is 0 Å². The topological polar surface area (TPSA) is 59.3 Å². The van der Waals surface area contributed by atoms with Crippen LogP contribution in [-0.2, 0) is 11.0 Å². The van der Waals surface area contributed by atoms with Crippen LogP contribution in [0.3, 0.4) is 0 Å². The third-order valence-corrected chi connectivity index (χ3v) is 4.19. The first-order chi connectivity index (χ1) is 12.3. The monoisotopic (exact) mass is 364 g/mol. The van der Waals surface area contributed by atoms with Crippen molar-refractivity contribution in [3.05, 3.63) is 48.5 Å². The summed E-state index contributed by atoms with van der Waals surface area (Å²) >= 11 is 0. The number of pyridine rings is 2. The van der Waals surface area contributed by atoms with Gasteiger partial charge in [0, 0.05) is 29.7 Å². The van der Waals surface area contributed by atoms with Crippen LogP contribution in [0.5, 0.6) is 0 Å². The van der Waals surface area contributed by atoms with E-state index in [1.165, 1.54) is 28.9 Å². The van der Waals surface area contributed by atoms with Gasteiger partial charge in [-0.15, -0.1) is 0 Å². The fourth-order valence-corrected chi connectivity index (χ4v) is 2.74. The minimum Gasteiger partial charge on any atom is -0.309 e. The van der Waals surface area contributed by atoms with Gasteiger partial charge in [0.1, 0.15) is 11.8 Å². The maximum Gasteiger partial charge on any atom is 0.417 e. The van der Waals surface area contributed by atoms with Crippen molar-refractivity contribution < 1.29 is 22.4 Å². The van der Waals surface area contributed by atoms with Crippen LogP contribution < -0.4 is 5.32 Å². The maximum atomic E-state index is 13.2. The van der Waals surface area contributed by atoms with Gasteiger partial charge in [-0.3, -0.25) is 9.78 Å². The summed E-state index contributed by atoms with van der Waals surface area (Å²) in [5.41, 5.74) is -0.101. The van der Waals surface area contributed by atoms with E-state index in [9.17, 15) is 22.4 Å². The normalized spacial score (nSPS) is 19.5. The van der Waals surface area contributed by atoms with Gasteiger partial charge in [-0.25, -0.2) is 9.37 Å². The Morgan fingerprint density at radius 1 is 1.23 bits per heavy atom. The van der Waals surface area contributed by atoms with Gasteiger partial charge in [0.15, 0.2) is 5.82 Å². The molecule has 0 saturated heterocycles. The summed E-state index contributed by atoms with van der Waals surface area (Å²) in [7, 11) is 0. The summed E-state index contributed by atoms with van der Waals surface area (Å²) in [5.74, 6) is -0.888. The Kier molecular flexibility index (Phi) is 3.67. The van der Waals surface area contributed by atoms with Gasteiger partial charge in [-0.05, 0) is 24.6 Å². The lowest BCUT2D eigenvalue weighted by atomic mass is 10.0. The van der Waals surface area contributed by atoms with E-state index >= 15 is 0 Å². The van der Waals surface area contributed by atoms with Gasteiger partial charge in [-0.1, -0.05) is 0 Å². The van der Waals surface area contributed by atoms with E-state index < -0.39 is 29.7 Å². The molecule has 3 aromatic heterocycles. The number of hydrogen-bond donors (Lipinski definition) is 1. The number of fused-ring (bicyclic) bond motifs is 1. The van der Waals surface area contributed by atoms with Crippen molar-refractivity contribution in [1.29, 1.82) is 0 Å². The molecule has 3 aromatic rings. The van der Waals surface area contributed by atoms with Crippen molar-refractivity contribution in [2.75, 3.05) is 5.32 Å². The molecule has 26 heavy (non-hydrogen) atoms. The van der Waals surface area contributed by atoms with Crippen molar-refractivity contribution in [3.8, 4) is 11.1 Å². The number of carbonyl (C=O) groups excluding carboxylic acids is 1. The fourth-order valence-electron chi connectivity index (χ4n) is 2.74. The van der Waals surface area contributed by atoms with E-state index in [0.717, 1.165) is 18.5 Å². The van der Waals surface area contributed by atoms with Crippen LogP contribution in [0.25, 0.3) is 16.8 Å². The molecule has 1 fully saturated rings. The number of carbonyl (C=O) groups is 1. The van der Waals surface area contributed by atoms with Crippen LogP contribution in [0, 0.1) is 5.92 Å². The fraction of sp³-hybridized carbons (Fsp3) is 0.235. The lowest BCUT2D eigenvalue weighted by Gasteiger charge is -2.12. The molecule has 5 nitrogen and oxygen atoms in total. The largest absolute Gasteiger partial charge is 0.417 e. The highest BCUT2D eigenvalue weighted by atomic mass is 19.4. The number of hydrogen-bond acceptors (Lipinski definition) is 3. The second-order valence-electron chi connectivity index (χ2n) is 6.08. The summed E-state index contributed by atoms with van der Waals surface area (Å²) < 4.78 is 54.0. The molecule has 4 rings (SSSR count). The Balaban J connectivity index is 1.67. The lowest BCUT2D eigenvalue weighted by Crippen LogP contribution is -2.15. The van der Waals surface area contributed by atoms with Crippen molar-refractivity contribution in [2.24, 2.45) is 5.92 Å². The summed E-state index contributed by atoms with van der Waals surface area (Å²) in [5, 5.41) is 2.52. The van der Waals surface area contributed by atoms with Crippen molar-refractivity contribution in [1.82, 2.24) is 14.4 Å². The Hall–Kier alpha value is -2.97. The number of imidazole rings is 1. The van der Waals surface area contributed by atoms with Crippen LogP contribution in [0.4, 0.5) is 23.4 Å². The zero-order chi connectivity index (χ0) is 18.5. The minimum atomic E-state index is -4.51. The molecule has 134 valence electrons. The van der Waals surface area contributed by atoms with Crippen LogP contribution in [0.1, 0.15) is 12.0 Å². The average molecular weight is 364 g/mol. The standard InChI is InChI=1S/C17H12F4N4O/c18-13-5-10(13)16(26)24-14-8-25-7-9(1-2-15(25)23-14)11-6-22-4-3-12(11)17(19,20)21/h1-4,6-8,10,13H,5H2,(H,24,26). The molecule has 0 radical (unpaired) electrons. The number of nitrogens with one attached hydrogen (secondary N) is 1. The van der Waals surface area contributed by atoms with E-state index in [-0.39, 0.29) is 17.8 Å². The van der Waals surface area contributed by atoms with Crippen molar-refractivity contribution in [3.63, 3.8) is 0 Å². The Morgan fingerprint density at radius 2 is 2.00 bits per heavy atom. The molecule has 2 unspecified atom stereocenters. The summed E-state index contributed by atoms with van der Waals surface area (Å²) in [6.45, 7) is 0. The molecule has 2 atom stereocenters. The number of nitrogens with zero attached hydrogens (tertiary/aromatic N) is 3. The number of rotatable bonds is 3. The molecule has 1 aliphatic carbocycles. The first-order valence-corrected chi connectivity index (χ1v) is 7.78. The molecular weight excluding hydrogens is 352 g/mol. The third kappa shape index (κ3) is 3.00. The molecular formula is C17H12F4N4O. The Bertz CT molecular complexity index is 998. The average Bonchev–Trinajstić information content (AvgIpc) is 3.19. The Morgan fingerprint density at radius 3 is 2.69 bits per heavy atom. The predicted molar refractivity (Wildman–Crippen MR) is 85.1 cm³/mol. The highest BCUT2D eigenvalue weighted by Gasteiger charge is 2.43. The molecule has 0 spiro atoms. The molecule has 1 amide bonds. The molecule has 9 heteroatoms. The van der Waals surface area contributed by atoms with Crippen LogP contribution in [0.15, 0.2) is 43.0 Å². The van der Waals surface area contributed by atoms with E-state index in [2.05, 4.69) is 15.3 Å². The number of aromatic nitrogens is 3. The highest BCUT2D eigenvalue weighted by molar-refractivity contribution is 5.94. The smallest absolute Gasteiger partial charge is 0.309 e. The number of anilines is 1. The van der Waals surface area contributed by atoms with Gasteiger partial charge in [0.25, 0.3) is 0 Å². The lowest BCUT2D eigenvalue weighted by molar-refractivity contribution is -0.137. The third-order valence-electron chi connectivity index (χ3n) is 4.19. The molecule has 1 aliphatic rings. The highest BCUT2D eigenvalue weighted by Crippen LogP contribution is 2.37. The van der Waals surface area contributed by atoms with Crippen molar-refractivity contribution in [2.45, 2.75) is 18.8 Å². The van der Waals surface area contributed by atoms with E-state index in [1.54, 1.807) is 0 Å². The summed E-state index contributed by atoms with van der Waals surface area (Å²) in [4.78, 5) is 19.7. The molecule has 1 N–H and O–H groups in total. The van der Waals surface area contributed by atoms with Crippen LogP contribution >= 0.6 is 0 Å². The first kappa shape index (κ1) is 16.5. The van der Waals surface area contributed by atoms with E-state index in [1.807, 2.05) is 0 Å². The van der Waals surface area contributed by atoms with Gasteiger partial charge in [0.05, 0.1) is 17.7 Å². The maximum absolute atomic E-state index is 13.2. The van der Waals surface area contributed by atoms with Gasteiger partial charge < -0.3 is 9.72 Å². The molecule has 0 aromatic carbocycles. The molecule has 0 aliphatic heterocycles. The number of halogens is 4. The van der Waals surface area contributed by atoms with Gasteiger partial charge >= 0.3 is 6.18 Å². The second kappa shape index (κ2) is 5.79. The SMILES string of the molecule is O=C(Nc1cn2cc(-c3cnccc3C(F)(F)F)ccc2n1)C1CC1F. The Labute approximate surface area is 144 Å². The minimum absolute atomic E-state index is 0.0561. The quantitative estimate of drug-likeness (QED) is 0.721. The predicted octanol–water partition coefficient (Wildman–Crippen LogP) is 3.71. The second-order valence-corrected chi connectivity index (χ2v) is 6.08. The zero-order valence-electron chi connectivity index (χ0n) is 13.2.